The highest BCUT2D eigenvalue weighted by Crippen LogP contribution is 2.27. The second-order valence-corrected chi connectivity index (χ2v) is 5.96. The lowest BCUT2D eigenvalue weighted by molar-refractivity contribution is 0.0915. The standard InChI is InChI=1S/C16H13Cl2N3O3/c17-10-3-4-14(13(18)6-10)24-8-11(22)7-21-9-20-15-12(16(21)23)2-1-5-19-15/h1-6,9,11,22H,7-8H2. The Morgan fingerprint density at radius 3 is 2.88 bits per heavy atom. The number of aliphatic hydroxyl groups excluding tert-OH is 1. The first kappa shape index (κ1) is 16.7. The first-order chi connectivity index (χ1) is 11.5. The molecule has 6 nitrogen and oxygen atoms in total. The predicted octanol–water partition coefficient (Wildman–Crippen LogP) is 2.54. The van der Waals surface area contributed by atoms with Crippen molar-refractivity contribution in [2.75, 3.05) is 6.61 Å². The molecule has 3 aromatic rings. The van der Waals surface area contributed by atoms with Crippen LogP contribution in [0.5, 0.6) is 5.75 Å². The Hall–Kier alpha value is -2.15. The summed E-state index contributed by atoms with van der Waals surface area (Å²) in [5.74, 6) is 0.410. The molecule has 0 bridgehead atoms. The molecular formula is C16H13Cl2N3O3. The van der Waals surface area contributed by atoms with Gasteiger partial charge in [-0.05, 0) is 30.3 Å². The zero-order valence-corrected chi connectivity index (χ0v) is 13.9. The smallest absolute Gasteiger partial charge is 0.262 e. The number of hydrogen-bond acceptors (Lipinski definition) is 5. The molecule has 2 aromatic heterocycles. The molecule has 3 rings (SSSR count). The Kier molecular flexibility index (Phi) is 4.99. The van der Waals surface area contributed by atoms with E-state index in [4.69, 9.17) is 27.9 Å². The van der Waals surface area contributed by atoms with Crippen molar-refractivity contribution in [3.63, 3.8) is 0 Å². The molecule has 1 unspecified atom stereocenters. The van der Waals surface area contributed by atoms with Crippen molar-refractivity contribution in [3.05, 3.63) is 63.3 Å². The van der Waals surface area contributed by atoms with Crippen LogP contribution in [0.25, 0.3) is 11.0 Å². The van der Waals surface area contributed by atoms with E-state index in [9.17, 15) is 9.90 Å². The fourth-order valence-electron chi connectivity index (χ4n) is 2.19. The van der Waals surface area contributed by atoms with Gasteiger partial charge in [0.25, 0.3) is 5.56 Å². The van der Waals surface area contributed by atoms with Crippen LogP contribution in [0.3, 0.4) is 0 Å². The lowest BCUT2D eigenvalue weighted by Crippen LogP contribution is -2.30. The van der Waals surface area contributed by atoms with Crippen LogP contribution in [0.4, 0.5) is 0 Å². The summed E-state index contributed by atoms with van der Waals surface area (Å²) >= 11 is 11.8. The van der Waals surface area contributed by atoms with Gasteiger partial charge in [0.2, 0.25) is 0 Å². The minimum Gasteiger partial charge on any atom is -0.489 e. The van der Waals surface area contributed by atoms with Gasteiger partial charge in [0.1, 0.15) is 24.8 Å². The van der Waals surface area contributed by atoms with Gasteiger partial charge in [0, 0.05) is 11.2 Å². The van der Waals surface area contributed by atoms with E-state index in [0.29, 0.717) is 26.8 Å². The second-order valence-electron chi connectivity index (χ2n) is 5.12. The number of halogens is 2. The molecule has 0 aliphatic carbocycles. The van der Waals surface area contributed by atoms with E-state index in [-0.39, 0.29) is 18.7 Å². The van der Waals surface area contributed by atoms with Crippen LogP contribution in [0.15, 0.2) is 47.7 Å². The maximum Gasteiger partial charge on any atom is 0.262 e. The van der Waals surface area contributed by atoms with Gasteiger partial charge in [-0.25, -0.2) is 9.97 Å². The van der Waals surface area contributed by atoms with Crippen LogP contribution in [0.2, 0.25) is 10.0 Å². The molecule has 1 atom stereocenters. The molecule has 1 N–H and O–H groups in total. The molecule has 0 saturated carbocycles. The van der Waals surface area contributed by atoms with E-state index < -0.39 is 6.10 Å². The lowest BCUT2D eigenvalue weighted by Gasteiger charge is -2.14. The summed E-state index contributed by atoms with van der Waals surface area (Å²) in [4.78, 5) is 20.4. The molecule has 0 aliphatic rings. The van der Waals surface area contributed by atoms with Crippen LogP contribution in [0, 0.1) is 0 Å². The Labute approximate surface area is 147 Å². The maximum absolute atomic E-state index is 12.3. The number of aromatic nitrogens is 3. The molecule has 24 heavy (non-hydrogen) atoms. The van der Waals surface area contributed by atoms with Gasteiger partial charge in [-0.3, -0.25) is 9.36 Å². The zero-order valence-electron chi connectivity index (χ0n) is 12.4. The van der Waals surface area contributed by atoms with Gasteiger partial charge in [-0.15, -0.1) is 0 Å². The van der Waals surface area contributed by atoms with E-state index in [1.165, 1.54) is 10.9 Å². The van der Waals surface area contributed by atoms with E-state index in [0.717, 1.165) is 0 Å². The number of pyridine rings is 1. The summed E-state index contributed by atoms with van der Waals surface area (Å²) in [5, 5.41) is 11.4. The number of fused-ring (bicyclic) bond motifs is 1. The molecular weight excluding hydrogens is 353 g/mol. The second kappa shape index (κ2) is 7.17. The van der Waals surface area contributed by atoms with Crippen molar-refractivity contribution >= 4 is 34.2 Å². The topological polar surface area (TPSA) is 77.2 Å². The molecule has 0 saturated heterocycles. The Bertz CT molecular complexity index is 930. The molecule has 0 spiro atoms. The number of rotatable bonds is 5. The molecule has 2 heterocycles. The summed E-state index contributed by atoms with van der Waals surface area (Å²) in [7, 11) is 0. The number of ether oxygens (including phenoxy) is 1. The van der Waals surface area contributed by atoms with E-state index in [1.54, 1.807) is 36.5 Å². The minimum absolute atomic E-state index is 0.0289. The van der Waals surface area contributed by atoms with E-state index in [1.807, 2.05) is 0 Å². The number of nitrogens with zero attached hydrogens (tertiary/aromatic N) is 3. The van der Waals surface area contributed by atoms with Crippen LogP contribution < -0.4 is 10.3 Å². The Morgan fingerprint density at radius 1 is 1.25 bits per heavy atom. The van der Waals surface area contributed by atoms with Crippen LogP contribution in [0.1, 0.15) is 0 Å². The average molecular weight is 366 g/mol. The van der Waals surface area contributed by atoms with Gasteiger partial charge in [0.05, 0.1) is 17.0 Å². The first-order valence-electron chi connectivity index (χ1n) is 7.10. The first-order valence-corrected chi connectivity index (χ1v) is 7.86. The molecule has 1 aromatic carbocycles. The van der Waals surface area contributed by atoms with Crippen molar-refractivity contribution < 1.29 is 9.84 Å². The van der Waals surface area contributed by atoms with Crippen molar-refractivity contribution in [2.24, 2.45) is 0 Å². The highest BCUT2D eigenvalue weighted by Gasteiger charge is 2.11. The SMILES string of the molecule is O=c1c2cccnc2ncn1CC(O)COc1ccc(Cl)cc1Cl. The molecule has 124 valence electrons. The summed E-state index contributed by atoms with van der Waals surface area (Å²) < 4.78 is 6.79. The number of hydrogen-bond donors (Lipinski definition) is 1. The Balaban J connectivity index is 1.70. The fraction of sp³-hybridized carbons (Fsp3) is 0.188. The van der Waals surface area contributed by atoms with E-state index in [2.05, 4.69) is 9.97 Å². The van der Waals surface area contributed by atoms with Gasteiger partial charge in [0.15, 0.2) is 5.65 Å². The van der Waals surface area contributed by atoms with Crippen molar-refractivity contribution in [1.29, 1.82) is 0 Å². The summed E-state index contributed by atoms with van der Waals surface area (Å²) in [6.45, 7) is 0.0146. The van der Waals surface area contributed by atoms with Gasteiger partial charge in [-0.2, -0.15) is 0 Å². The average Bonchev–Trinajstić information content (AvgIpc) is 2.57. The monoisotopic (exact) mass is 365 g/mol. The number of benzene rings is 1. The summed E-state index contributed by atoms with van der Waals surface area (Å²) in [6.07, 6.45) is 2.01. The largest absolute Gasteiger partial charge is 0.489 e. The van der Waals surface area contributed by atoms with Crippen molar-refractivity contribution in [1.82, 2.24) is 14.5 Å². The summed E-state index contributed by atoms with van der Waals surface area (Å²) in [5.41, 5.74) is 0.106. The lowest BCUT2D eigenvalue weighted by atomic mass is 10.3. The van der Waals surface area contributed by atoms with Crippen LogP contribution in [-0.2, 0) is 6.54 Å². The van der Waals surface area contributed by atoms with Crippen molar-refractivity contribution in [2.45, 2.75) is 12.6 Å². The van der Waals surface area contributed by atoms with Gasteiger partial charge < -0.3 is 9.84 Å². The highest BCUT2D eigenvalue weighted by atomic mass is 35.5. The van der Waals surface area contributed by atoms with E-state index >= 15 is 0 Å². The van der Waals surface area contributed by atoms with Gasteiger partial charge in [-0.1, -0.05) is 23.2 Å². The maximum atomic E-state index is 12.3. The third-order valence-corrected chi connectivity index (χ3v) is 3.86. The molecule has 0 fully saturated rings. The summed E-state index contributed by atoms with van der Waals surface area (Å²) in [6, 6.07) is 8.12. The zero-order chi connectivity index (χ0) is 17.1. The predicted molar refractivity (Wildman–Crippen MR) is 91.8 cm³/mol. The third kappa shape index (κ3) is 3.67. The van der Waals surface area contributed by atoms with Gasteiger partial charge >= 0.3 is 0 Å². The molecule has 0 radical (unpaired) electrons. The molecule has 8 heteroatoms. The molecule has 0 aliphatic heterocycles. The Morgan fingerprint density at radius 2 is 2.08 bits per heavy atom. The van der Waals surface area contributed by atoms with Crippen molar-refractivity contribution in [3.8, 4) is 5.75 Å². The highest BCUT2D eigenvalue weighted by molar-refractivity contribution is 6.35. The molecule has 0 amide bonds. The third-order valence-electron chi connectivity index (χ3n) is 3.33. The fourth-order valence-corrected chi connectivity index (χ4v) is 2.65. The number of aliphatic hydroxyl groups is 1. The normalized spacial score (nSPS) is 12.3. The quantitative estimate of drug-likeness (QED) is 0.751. The minimum atomic E-state index is -0.912. The van der Waals surface area contributed by atoms with Crippen LogP contribution >= 0.6 is 23.2 Å². The van der Waals surface area contributed by atoms with Crippen LogP contribution in [-0.4, -0.2) is 32.4 Å².